The molecule has 7 heteroatoms. The van der Waals surface area contributed by atoms with E-state index < -0.39 is 23.3 Å². The number of aryl methyl sites for hydroxylation is 2. The van der Waals surface area contributed by atoms with E-state index in [0.717, 1.165) is 15.5 Å². The average Bonchev–Trinajstić information content (AvgIpc) is 2.57. The van der Waals surface area contributed by atoms with Gasteiger partial charge in [-0.1, -0.05) is 0 Å². The highest BCUT2D eigenvalue weighted by Crippen LogP contribution is 2.31. The van der Waals surface area contributed by atoms with Crippen LogP contribution in [0.4, 0.5) is 9.93 Å². The SMILES string of the molecule is Cc1nc(N2C(=O)NC(=O)C(C)(C)C2=O)sc1C. The lowest BCUT2D eigenvalue weighted by Gasteiger charge is -2.32. The van der Waals surface area contributed by atoms with E-state index in [1.54, 1.807) is 6.92 Å². The van der Waals surface area contributed by atoms with Gasteiger partial charge in [-0.05, 0) is 27.7 Å². The molecule has 0 saturated carbocycles. The smallest absolute Gasteiger partial charge is 0.276 e. The number of urea groups is 1. The van der Waals surface area contributed by atoms with Crippen LogP contribution in [0.3, 0.4) is 0 Å². The Balaban J connectivity index is 2.47. The summed E-state index contributed by atoms with van der Waals surface area (Å²) in [7, 11) is 0. The number of aromatic nitrogens is 1. The molecule has 0 bridgehead atoms. The third kappa shape index (κ3) is 1.71. The monoisotopic (exact) mass is 267 g/mol. The summed E-state index contributed by atoms with van der Waals surface area (Å²) in [6.07, 6.45) is 0. The van der Waals surface area contributed by atoms with Crippen molar-refractivity contribution in [1.29, 1.82) is 0 Å². The van der Waals surface area contributed by atoms with Crippen molar-refractivity contribution in [3.8, 4) is 0 Å². The van der Waals surface area contributed by atoms with Crippen LogP contribution < -0.4 is 10.2 Å². The van der Waals surface area contributed by atoms with Crippen molar-refractivity contribution in [2.24, 2.45) is 5.41 Å². The van der Waals surface area contributed by atoms with Crippen LogP contribution in [0.1, 0.15) is 24.4 Å². The lowest BCUT2D eigenvalue weighted by atomic mass is 9.89. The average molecular weight is 267 g/mol. The highest BCUT2D eigenvalue weighted by Gasteiger charge is 2.48. The summed E-state index contributed by atoms with van der Waals surface area (Å²) in [6.45, 7) is 6.63. The van der Waals surface area contributed by atoms with Crippen molar-refractivity contribution in [2.75, 3.05) is 4.90 Å². The first-order valence-electron chi connectivity index (χ1n) is 5.39. The molecule has 6 nitrogen and oxygen atoms in total. The van der Waals surface area contributed by atoms with Crippen LogP contribution in [0.15, 0.2) is 0 Å². The molecule has 0 aromatic carbocycles. The number of imide groups is 2. The van der Waals surface area contributed by atoms with E-state index in [4.69, 9.17) is 0 Å². The van der Waals surface area contributed by atoms with Crippen LogP contribution in [0.2, 0.25) is 0 Å². The second-order valence-corrected chi connectivity index (χ2v) is 5.84. The number of carbonyl (C=O) groups excluding carboxylic acids is 3. The fourth-order valence-electron chi connectivity index (χ4n) is 1.50. The summed E-state index contributed by atoms with van der Waals surface area (Å²) in [6, 6.07) is -0.738. The topological polar surface area (TPSA) is 79.4 Å². The van der Waals surface area contributed by atoms with Crippen LogP contribution in [0.25, 0.3) is 0 Å². The molecule has 18 heavy (non-hydrogen) atoms. The minimum absolute atomic E-state index is 0.299. The molecule has 1 saturated heterocycles. The Hall–Kier alpha value is -1.76. The van der Waals surface area contributed by atoms with Gasteiger partial charge in [0, 0.05) is 4.88 Å². The van der Waals surface area contributed by atoms with Gasteiger partial charge in [0.2, 0.25) is 11.0 Å². The van der Waals surface area contributed by atoms with E-state index in [1.165, 1.54) is 25.2 Å². The van der Waals surface area contributed by atoms with Gasteiger partial charge in [-0.3, -0.25) is 14.9 Å². The molecule has 0 unspecified atom stereocenters. The Labute approximate surface area is 108 Å². The van der Waals surface area contributed by atoms with Gasteiger partial charge in [-0.2, -0.15) is 0 Å². The van der Waals surface area contributed by atoms with Gasteiger partial charge >= 0.3 is 6.03 Å². The van der Waals surface area contributed by atoms with Crippen molar-refractivity contribution in [1.82, 2.24) is 10.3 Å². The maximum absolute atomic E-state index is 12.2. The van der Waals surface area contributed by atoms with E-state index in [-0.39, 0.29) is 0 Å². The highest BCUT2D eigenvalue weighted by atomic mass is 32.1. The quantitative estimate of drug-likeness (QED) is 0.779. The maximum atomic E-state index is 12.2. The number of hydrogen-bond donors (Lipinski definition) is 1. The number of carbonyl (C=O) groups is 3. The molecule has 2 rings (SSSR count). The van der Waals surface area contributed by atoms with Gasteiger partial charge in [0.1, 0.15) is 5.41 Å². The molecule has 96 valence electrons. The Bertz CT molecular complexity index is 542. The normalized spacial score (nSPS) is 19.1. The molecule has 1 aromatic rings. The maximum Gasteiger partial charge on any atom is 0.337 e. The summed E-state index contributed by atoms with van der Waals surface area (Å²) in [5, 5.41) is 2.47. The van der Waals surface area contributed by atoms with Crippen molar-refractivity contribution in [3.63, 3.8) is 0 Å². The van der Waals surface area contributed by atoms with E-state index in [0.29, 0.717) is 5.13 Å². The van der Waals surface area contributed by atoms with Crippen molar-refractivity contribution >= 4 is 34.3 Å². The molecule has 4 amide bonds. The zero-order chi connectivity index (χ0) is 13.7. The lowest BCUT2D eigenvalue weighted by molar-refractivity contribution is -0.140. The first kappa shape index (κ1) is 12.7. The summed E-state index contributed by atoms with van der Waals surface area (Å²) in [5.41, 5.74) is -0.494. The molecular weight excluding hydrogens is 254 g/mol. The van der Waals surface area contributed by atoms with Gasteiger partial charge < -0.3 is 0 Å². The number of amides is 4. The number of thiazole rings is 1. The van der Waals surface area contributed by atoms with Crippen LogP contribution in [0.5, 0.6) is 0 Å². The van der Waals surface area contributed by atoms with E-state index in [1.807, 2.05) is 6.92 Å². The van der Waals surface area contributed by atoms with Crippen molar-refractivity contribution in [3.05, 3.63) is 10.6 Å². The molecule has 0 radical (unpaired) electrons. The number of nitrogens with zero attached hydrogens (tertiary/aromatic N) is 2. The molecule has 1 aliphatic rings. The van der Waals surface area contributed by atoms with Gasteiger partial charge in [0.05, 0.1) is 5.69 Å². The third-order valence-corrected chi connectivity index (χ3v) is 4.00. The van der Waals surface area contributed by atoms with Gasteiger partial charge in [0.15, 0.2) is 0 Å². The Morgan fingerprint density at radius 2 is 1.83 bits per heavy atom. The molecule has 0 spiro atoms. The predicted molar refractivity (Wildman–Crippen MR) is 66.4 cm³/mol. The Morgan fingerprint density at radius 3 is 2.33 bits per heavy atom. The Kier molecular flexibility index (Phi) is 2.73. The minimum atomic E-state index is -1.26. The van der Waals surface area contributed by atoms with Gasteiger partial charge in [0.25, 0.3) is 5.91 Å². The van der Waals surface area contributed by atoms with Crippen LogP contribution in [-0.2, 0) is 9.59 Å². The lowest BCUT2D eigenvalue weighted by Crippen LogP contribution is -2.62. The first-order valence-corrected chi connectivity index (χ1v) is 6.21. The van der Waals surface area contributed by atoms with E-state index >= 15 is 0 Å². The summed E-state index contributed by atoms with van der Waals surface area (Å²) in [4.78, 5) is 41.6. The molecule has 1 aliphatic heterocycles. The highest BCUT2D eigenvalue weighted by molar-refractivity contribution is 7.16. The van der Waals surface area contributed by atoms with Gasteiger partial charge in [-0.25, -0.2) is 14.7 Å². The number of hydrogen-bond acceptors (Lipinski definition) is 5. The second-order valence-electron chi connectivity index (χ2n) is 4.66. The molecule has 0 atom stereocenters. The fourth-order valence-corrected chi connectivity index (χ4v) is 2.41. The van der Waals surface area contributed by atoms with Crippen LogP contribution in [-0.4, -0.2) is 22.8 Å². The summed E-state index contributed by atoms with van der Waals surface area (Å²) >= 11 is 1.25. The second kappa shape index (κ2) is 3.88. The van der Waals surface area contributed by atoms with Crippen molar-refractivity contribution < 1.29 is 14.4 Å². The van der Waals surface area contributed by atoms with E-state index in [9.17, 15) is 14.4 Å². The third-order valence-electron chi connectivity index (χ3n) is 2.94. The summed E-state index contributed by atoms with van der Waals surface area (Å²) < 4.78 is 0. The van der Waals surface area contributed by atoms with E-state index in [2.05, 4.69) is 10.3 Å². The minimum Gasteiger partial charge on any atom is -0.276 e. The number of barbiturate groups is 1. The molecule has 0 aliphatic carbocycles. The standard InChI is InChI=1S/C11H13N3O3S/c1-5-6(2)18-10(12-5)14-8(16)11(3,4)7(15)13-9(14)17/h1-4H3,(H,13,15,17). The van der Waals surface area contributed by atoms with Crippen molar-refractivity contribution in [2.45, 2.75) is 27.7 Å². The largest absolute Gasteiger partial charge is 0.337 e. The molecule has 1 N–H and O–H groups in total. The molecule has 1 aromatic heterocycles. The number of nitrogens with one attached hydrogen (secondary N) is 1. The molecular formula is C11H13N3O3S. The zero-order valence-corrected chi connectivity index (χ0v) is 11.3. The zero-order valence-electron chi connectivity index (χ0n) is 10.5. The fraction of sp³-hybridized carbons (Fsp3) is 0.455. The molecule has 1 fully saturated rings. The molecule has 2 heterocycles. The van der Waals surface area contributed by atoms with Gasteiger partial charge in [-0.15, -0.1) is 11.3 Å². The predicted octanol–water partition coefficient (Wildman–Crippen LogP) is 1.37. The van der Waals surface area contributed by atoms with Crippen LogP contribution in [0, 0.1) is 19.3 Å². The number of rotatable bonds is 1. The first-order chi connectivity index (χ1) is 8.25. The summed E-state index contributed by atoms with van der Waals surface area (Å²) in [5.74, 6) is -1.14. The number of anilines is 1. The van der Waals surface area contributed by atoms with Crippen LogP contribution >= 0.6 is 11.3 Å². The Morgan fingerprint density at radius 1 is 1.22 bits per heavy atom.